The maximum absolute atomic E-state index is 11.7. The number of rotatable bonds is 5. The average Bonchev–Trinajstić information content (AvgIpc) is 3.26. The van der Waals surface area contributed by atoms with Crippen molar-refractivity contribution in [3.05, 3.63) is 28.3 Å². The van der Waals surface area contributed by atoms with Gasteiger partial charge in [-0.05, 0) is 64.0 Å². The Bertz CT molecular complexity index is 710. The van der Waals surface area contributed by atoms with Gasteiger partial charge in [0.1, 0.15) is 12.6 Å². The number of carbonyl (C=O) groups excluding carboxylic acids is 2. The van der Waals surface area contributed by atoms with Crippen LogP contribution >= 0.6 is 0 Å². The topological polar surface area (TPSA) is 72.2 Å². The van der Waals surface area contributed by atoms with E-state index in [1.54, 1.807) is 0 Å². The van der Waals surface area contributed by atoms with Crippen molar-refractivity contribution in [1.82, 2.24) is 9.78 Å². The van der Waals surface area contributed by atoms with E-state index in [0.29, 0.717) is 18.4 Å². The lowest BCUT2D eigenvalue weighted by Crippen LogP contribution is -2.26. The van der Waals surface area contributed by atoms with Crippen molar-refractivity contribution in [2.45, 2.75) is 65.3 Å². The molecule has 1 heterocycles. The van der Waals surface area contributed by atoms with Crippen LogP contribution in [0.15, 0.2) is 11.3 Å². The zero-order valence-corrected chi connectivity index (χ0v) is 14.9. The molecule has 1 fully saturated rings. The van der Waals surface area contributed by atoms with Crippen molar-refractivity contribution in [3.63, 3.8) is 0 Å². The third kappa shape index (κ3) is 2.50. The fourth-order valence-corrected chi connectivity index (χ4v) is 4.42. The van der Waals surface area contributed by atoms with Gasteiger partial charge in [0.25, 0.3) is 0 Å². The molecule has 1 aromatic rings. The molecule has 1 N–H and O–H groups in total. The second kappa shape index (κ2) is 5.87. The van der Waals surface area contributed by atoms with E-state index in [-0.39, 0.29) is 23.6 Å². The second-order valence-electron chi connectivity index (χ2n) is 7.64. The minimum absolute atomic E-state index is 0.0684. The largest absolute Gasteiger partial charge is 0.512 e. The molecule has 1 saturated carbocycles. The number of aliphatic hydroxyl groups excluding tert-OH is 1. The first-order chi connectivity index (χ1) is 11.3. The highest BCUT2D eigenvalue weighted by Gasteiger charge is 2.52. The molecule has 2 unspecified atom stereocenters. The van der Waals surface area contributed by atoms with Gasteiger partial charge in [-0.15, -0.1) is 0 Å². The molecule has 1 aromatic heterocycles. The average molecular weight is 330 g/mol. The third-order valence-electron chi connectivity index (χ3n) is 5.65. The highest BCUT2D eigenvalue weighted by molar-refractivity contribution is 5.74. The third-order valence-corrected chi connectivity index (χ3v) is 5.65. The summed E-state index contributed by atoms with van der Waals surface area (Å²) in [5, 5.41) is 15.3. The van der Waals surface area contributed by atoms with E-state index in [9.17, 15) is 14.7 Å². The summed E-state index contributed by atoms with van der Waals surface area (Å²) in [4.78, 5) is 23.1. The minimum atomic E-state index is -0.577. The van der Waals surface area contributed by atoms with Gasteiger partial charge in [0.2, 0.25) is 0 Å². The van der Waals surface area contributed by atoms with Crippen molar-refractivity contribution in [1.29, 1.82) is 0 Å². The number of allylic oxidation sites excluding steroid dienone is 2. The SMILES string of the molecule is Cc1nn(C(C)C)c(C)c1C1CC(O)=C(C2(C=O)CC2)C(C=O)C1. The first-order valence-electron chi connectivity index (χ1n) is 8.74. The van der Waals surface area contributed by atoms with E-state index in [0.717, 1.165) is 42.4 Å². The van der Waals surface area contributed by atoms with Gasteiger partial charge in [0, 0.05) is 24.1 Å². The van der Waals surface area contributed by atoms with Gasteiger partial charge >= 0.3 is 0 Å². The number of aryl methyl sites for hydroxylation is 1. The normalized spacial score (nSPS) is 25.9. The summed E-state index contributed by atoms with van der Waals surface area (Å²) in [6.45, 7) is 8.22. The second-order valence-corrected chi connectivity index (χ2v) is 7.64. The van der Waals surface area contributed by atoms with Crippen molar-refractivity contribution < 1.29 is 14.7 Å². The maximum atomic E-state index is 11.7. The fourth-order valence-electron chi connectivity index (χ4n) is 4.42. The fraction of sp³-hybridized carbons (Fsp3) is 0.632. The molecule has 5 heteroatoms. The van der Waals surface area contributed by atoms with E-state index in [1.807, 2.05) is 11.6 Å². The summed E-state index contributed by atoms with van der Waals surface area (Å²) in [5.74, 6) is -0.0689. The van der Waals surface area contributed by atoms with E-state index >= 15 is 0 Å². The van der Waals surface area contributed by atoms with Gasteiger partial charge in [-0.25, -0.2) is 0 Å². The molecule has 5 nitrogen and oxygen atoms in total. The number of hydrogen-bond acceptors (Lipinski definition) is 4. The Hall–Kier alpha value is -1.91. The minimum Gasteiger partial charge on any atom is -0.512 e. The molecule has 0 aliphatic heterocycles. The van der Waals surface area contributed by atoms with Crippen LogP contribution in [0.25, 0.3) is 0 Å². The van der Waals surface area contributed by atoms with Crippen LogP contribution < -0.4 is 0 Å². The van der Waals surface area contributed by atoms with Gasteiger partial charge in [0.05, 0.1) is 16.9 Å². The molecule has 0 aromatic carbocycles. The lowest BCUT2D eigenvalue weighted by Gasteiger charge is -2.31. The maximum Gasteiger partial charge on any atom is 0.130 e. The monoisotopic (exact) mass is 330 g/mol. The lowest BCUT2D eigenvalue weighted by atomic mass is 9.72. The summed E-state index contributed by atoms with van der Waals surface area (Å²) in [6.07, 6.45) is 4.44. The summed E-state index contributed by atoms with van der Waals surface area (Å²) < 4.78 is 2.00. The van der Waals surface area contributed by atoms with Crippen LogP contribution in [-0.4, -0.2) is 27.5 Å². The Morgan fingerprint density at radius 1 is 1.29 bits per heavy atom. The molecule has 2 aliphatic rings. The lowest BCUT2D eigenvalue weighted by molar-refractivity contribution is -0.112. The summed E-state index contributed by atoms with van der Waals surface area (Å²) in [6, 6.07) is 0.271. The predicted molar refractivity (Wildman–Crippen MR) is 91.0 cm³/mol. The Kier molecular flexibility index (Phi) is 4.14. The van der Waals surface area contributed by atoms with Crippen molar-refractivity contribution in [2.75, 3.05) is 0 Å². The molecule has 0 spiro atoms. The van der Waals surface area contributed by atoms with Crippen LogP contribution in [0, 0.1) is 25.2 Å². The van der Waals surface area contributed by atoms with Crippen LogP contribution in [-0.2, 0) is 9.59 Å². The van der Waals surface area contributed by atoms with Crippen LogP contribution in [0.3, 0.4) is 0 Å². The number of aliphatic hydroxyl groups is 1. The Morgan fingerprint density at radius 2 is 1.96 bits per heavy atom. The number of carbonyl (C=O) groups is 2. The van der Waals surface area contributed by atoms with Gasteiger partial charge in [-0.2, -0.15) is 5.10 Å². The first-order valence-corrected chi connectivity index (χ1v) is 8.74. The van der Waals surface area contributed by atoms with Gasteiger partial charge in [-0.3, -0.25) is 4.68 Å². The quantitative estimate of drug-likeness (QED) is 0.838. The molecule has 130 valence electrons. The molecule has 24 heavy (non-hydrogen) atoms. The summed E-state index contributed by atoms with van der Waals surface area (Å²) >= 11 is 0. The van der Waals surface area contributed by atoms with Crippen LogP contribution in [0.5, 0.6) is 0 Å². The zero-order valence-electron chi connectivity index (χ0n) is 14.9. The molecule has 2 aliphatic carbocycles. The van der Waals surface area contributed by atoms with Crippen LogP contribution in [0.4, 0.5) is 0 Å². The van der Waals surface area contributed by atoms with Crippen molar-refractivity contribution >= 4 is 12.6 Å². The molecule has 0 amide bonds. The first kappa shape index (κ1) is 16.9. The van der Waals surface area contributed by atoms with Crippen molar-refractivity contribution in [3.8, 4) is 0 Å². The van der Waals surface area contributed by atoms with Crippen LogP contribution in [0.2, 0.25) is 0 Å². The number of aldehydes is 2. The zero-order chi connectivity index (χ0) is 17.6. The van der Waals surface area contributed by atoms with E-state index in [4.69, 9.17) is 0 Å². The summed E-state index contributed by atoms with van der Waals surface area (Å²) in [5.41, 5.74) is 3.30. The van der Waals surface area contributed by atoms with Crippen molar-refractivity contribution in [2.24, 2.45) is 11.3 Å². The van der Waals surface area contributed by atoms with E-state index < -0.39 is 5.41 Å². The molecule has 0 bridgehead atoms. The van der Waals surface area contributed by atoms with E-state index in [1.165, 1.54) is 0 Å². The van der Waals surface area contributed by atoms with Gasteiger partial charge in [-0.1, -0.05) is 0 Å². The predicted octanol–water partition coefficient (Wildman–Crippen LogP) is 3.56. The number of aromatic nitrogens is 2. The Morgan fingerprint density at radius 3 is 2.42 bits per heavy atom. The number of nitrogens with zero attached hydrogens (tertiary/aromatic N) is 2. The Labute approximate surface area is 142 Å². The smallest absolute Gasteiger partial charge is 0.130 e. The van der Waals surface area contributed by atoms with E-state index in [2.05, 4.69) is 25.9 Å². The molecular weight excluding hydrogens is 304 g/mol. The highest BCUT2D eigenvalue weighted by Crippen LogP contribution is 2.57. The van der Waals surface area contributed by atoms with Gasteiger partial charge in [0.15, 0.2) is 0 Å². The Balaban J connectivity index is 1.99. The molecule has 3 rings (SSSR count). The standard InChI is InChI=1S/C19H26N2O3/c1-11(2)21-13(4)17(12(3)20-21)14-7-15(9-22)18(16(24)8-14)19(10-23)5-6-19/h9-11,14-15,24H,5-8H2,1-4H3. The number of hydrogen-bond donors (Lipinski definition) is 1. The van der Waals surface area contributed by atoms with Gasteiger partial charge < -0.3 is 14.7 Å². The molecule has 0 radical (unpaired) electrons. The molecular formula is C19H26N2O3. The summed E-state index contributed by atoms with van der Waals surface area (Å²) in [7, 11) is 0. The highest BCUT2D eigenvalue weighted by atomic mass is 16.3. The molecule has 2 atom stereocenters. The molecule has 0 saturated heterocycles. The van der Waals surface area contributed by atoms with Crippen LogP contribution in [0.1, 0.15) is 68.4 Å².